The van der Waals surface area contributed by atoms with Gasteiger partial charge < -0.3 is 19.7 Å². The summed E-state index contributed by atoms with van der Waals surface area (Å²) in [4.78, 5) is 39.4. The molecule has 0 saturated heterocycles. The predicted octanol–water partition coefficient (Wildman–Crippen LogP) is 7.09. The molecule has 7 nitrogen and oxygen atoms in total. The van der Waals surface area contributed by atoms with Crippen LogP contribution in [0.2, 0.25) is 0 Å². The van der Waals surface area contributed by atoms with Crippen LogP contribution in [0.5, 0.6) is 0 Å². The van der Waals surface area contributed by atoms with Gasteiger partial charge in [-0.3, -0.25) is 9.59 Å². The third-order valence-electron chi connectivity index (χ3n) is 13.6. The fourth-order valence-corrected chi connectivity index (χ4v) is 10.6. The first-order valence-electron chi connectivity index (χ1n) is 17.7. The summed E-state index contributed by atoms with van der Waals surface area (Å²) in [5.74, 6) is -0.711. The second-order valence-corrected chi connectivity index (χ2v) is 16.0. The van der Waals surface area contributed by atoms with Gasteiger partial charge in [0, 0.05) is 29.6 Å². The highest BCUT2D eigenvalue weighted by molar-refractivity contribution is 5.96. The quantitative estimate of drug-likeness (QED) is 0.279. The maximum atomic E-state index is 14.1. The van der Waals surface area contributed by atoms with E-state index in [1.54, 1.807) is 30.3 Å². The number of hydrogen-bond acceptors (Lipinski definition) is 7. The van der Waals surface area contributed by atoms with Crippen molar-refractivity contribution in [1.82, 2.24) is 0 Å². The lowest BCUT2D eigenvalue weighted by Crippen LogP contribution is -2.69. The van der Waals surface area contributed by atoms with Gasteiger partial charge in [-0.1, -0.05) is 73.1 Å². The third kappa shape index (κ3) is 5.38. The number of carbonyl (C=O) groups excluding carboxylic acids is 3. The van der Waals surface area contributed by atoms with Gasteiger partial charge in [-0.15, -0.1) is 0 Å². The van der Waals surface area contributed by atoms with Gasteiger partial charge in [0.15, 0.2) is 5.78 Å². The summed E-state index contributed by atoms with van der Waals surface area (Å²) in [6.45, 7) is 16.3. The Balaban J connectivity index is 1.44. The number of fused-ring (bicyclic) bond motifs is 5. The average Bonchev–Trinajstić information content (AvgIpc) is 3.28. The van der Waals surface area contributed by atoms with Crippen LogP contribution in [0.1, 0.15) is 117 Å². The van der Waals surface area contributed by atoms with E-state index in [0.29, 0.717) is 55.1 Å². The van der Waals surface area contributed by atoms with Crippen LogP contribution in [0, 0.1) is 46.3 Å². The maximum absolute atomic E-state index is 14.1. The molecule has 2 N–H and O–H groups in total. The Labute approximate surface area is 275 Å². The molecule has 1 aromatic carbocycles. The summed E-state index contributed by atoms with van der Waals surface area (Å²) in [6, 6.07) is 8.88. The van der Waals surface area contributed by atoms with Gasteiger partial charge >= 0.3 is 11.9 Å². The summed E-state index contributed by atoms with van der Waals surface area (Å²) in [7, 11) is 0. The van der Waals surface area contributed by atoms with Crippen molar-refractivity contribution in [3.8, 4) is 0 Å². The SMILES string of the molecule is CC[C@H](CC(OC(C)=O)[C@@H](C)[C@H]1CC[C@@]2(O)C3=CC(=O)C4C(C)C(OC(=O)c5ccccc5)CC[C@]4(C)[C@@]3(O)CC[C@]12C)C(C)C. The summed E-state index contributed by atoms with van der Waals surface area (Å²) >= 11 is 0. The maximum Gasteiger partial charge on any atom is 0.338 e. The smallest absolute Gasteiger partial charge is 0.338 e. The van der Waals surface area contributed by atoms with Crippen molar-refractivity contribution in [2.75, 3.05) is 0 Å². The van der Waals surface area contributed by atoms with E-state index < -0.39 is 40.0 Å². The molecule has 3 fully saturated rings. The molecular formula is C39H56O7. The molecule has 0 aromatic heterocycles. The lowest BCUT2D eigenvalue weighted by Gasteiger charge is -2.64. The van der Waals surface area contributed by atoms with E-state index in [1.807, 2.05) is 19.9 Å². The largest absolute Gasteiger partial charge is 0.462 e. The summed E-state index contributed by atoms with van der Waals surface area (Å²) in [5.41, 5.74) is -3.18. The van der Waals surface area contributed by atoms with Gasteiger partial charge in [-0.25, -0.2) is 4.79 Å². The molecule has 0 bridgehead atoms. The van der Waals surface area contributed by atoms with E-state index in [4.69, 9.17) is 9.47 Å². The van der Waals surface area contributed by atoms with Gasteiger partial charge in [-0.2, -0.15) is 0 Å². The lowest BCUT2D eigenvalue weighted by atomic mass is 9.42. The first-order chi connectivity index (χ1) is 21.5. The van der Waals surface area contributed by atoms with Gasteiger partial charge in [-0.05, 0) is 92.4 Å². The minimum absolute atomic E-state index is 0.0000866. The Morgan fingerprint density at radius 1 is 0.957 bits per heavy atom. The minimum atomic E-state index is -1.36. The number of rotatable bonds is 9. The van der Waals surface area contributed by atoms with Crippen molar-refractivity contribution in [1.29, 1.82) is 0 Å². The molecule has 0 heterocycles. The van der Waals surface area contributed by atoms with E-state index in [9.17, 15) is 24.6 Å². The van der Waals surface area contributed by atoms with Gasteiger partial charge in [0.2, 0.25) is 0 Å². The molecule has 11 atom stereocenters. The summed E-state index contributed by atoms with van der Waals surface area (Å²) < 4.78 is 12.0. The molecular weight excluding hydrogens is 580 g/mol. The molecule has 4 aliphatic carbocycles. The molecule has 7 heteroatoms. The van der Waals surface area contributed by atoms with Crippen molar-refractivity contribution >= 4 is 17.7 Å². The number of benzene rings is 1. The highest BCUT2D eigenvalue weighted by Crippen LogP contribution is 2.70. The van der Waals surface area contributed by atoms with Crippen LogP contribution < -0.4 is 0 Å². The molecule has 254 valence electrons. The zero-order valence-corrected chi connectivity index (χ0v) is 29.2. The number of ketones is 1. The summed E-state index contributed by atoms with van der Waals surface area (Å²) in [5, 5.41) is 25.5. The number of allylic oxidation sites excluding steroid dienone is 1. The molecule has 4 aliphatic rings. The van der Waals surface area contributed by atoms with Crippen LogP contribution in [0.4, 0.5) is 0 Å². The normalized spacial score (nSPS) is 38.9. The van der Waals surface area contributed by atoms with Crippen molar-refractivity contribution in [3.05, 3.63) is 47.5 Å². The van der Waals surface area contributed by atoms with Gasteiger partial charge in [0.25, 0.3) is 0 Å². The predicted molar refractivity (Wildman–Crippen MR) is 177 cm³/mol. The number of hydrogen-bond donors (Lipinski definition) is 2. The third-order valence-corrected chi connectivity index (χ3v) is 13.6. The Kier molecular flexibility index (Phi) is 9.46. The van der Waals surface area contributed by atoms with Crippen LogP contribution in [0.25, 0.3) is 0 Å². The summed E-state index contributed by atoms with van der Waals surface area (Å²) in [6.07, 6.45) is 5.85. The lowest BCUT2D eigenvalue weighted by molar-refractivity contribution is -0.202. The number of carbonyl (C=O) groups is 3. The molecule has 0 amide bonds. The number of esters is 2. The standard InChI is InChI=1S/C39H56O7/c1-9-27(23(2)3)21-32(45-26(6)40)24(4)29-15-18-38(43)33-22-30(41)34-25(5)31(46-35(42)28-13-11-10-12-14-28)16-17-37(34,8)39(33,44)20-19-36(29,38)7/h10-14,22-25,27,29,31-32,34,43-44H,9,15-21H2,1-8H3/t24-,25?,27+,29+,31?,32?,34?,36+,37-,38+,39+/m0/s1. The van der Waals surface area contributed by atoms with Crippen molar-refractivity contribution in [3.63, 3.8) is 0 Å². The van der Waals surface area contributed by atoms with Crippen LogP contribution in [-0.4, -0.2) is 51.3 Å². The molecule has 0 spiro atoms. The van der Waals surface area contributed by atoms with Crippen LogP contribution >= 0.6 is 0 Å². The van der Waals surface area contributed by atoms with E-state index in [0.717, 1.165) is 19.3 Å². The molecule has 4 unspecified atom stereocenters. The fraction of sp³-hybridized carbons (Fsp3) is 0.718. The first kappa shape index (κ1) is 34.8. The Bertz CT molecular complexity index is 1350. The molecule has 1 aromatic rings. The second kappa shape index (κ2) is 12.5. The number of ether oxygens (including phenoxy) is 2. The Morgan fingerprint density at radius 3 is 2.22 bits per heavy atom. The first-order valence-corrected chi connectivity index (χ1v) is 17.7. The molecule has 0 radical (unpaired) electrons. The monoisotopic (exact) mass is 636 g/mol. The van der Waals surface area contributed by atoms with Crippen molar-refractivity contribution in [2.24, 2.45) is 46.3 Å². The Morgan fingerprint density at radius 2 is 1.61 bits per heavy atom. The van der Waals surface area contributed by atoms with Crippen LogP contribution in [0.3, 0.4) is 0 Å². The van der Waals surface area contributed by atoms with E-state index in [1.165, 1.54) is 6.92 Å². The van der Waals surface area contributed by atoms with E-state index in [2.05, 4.69) is 34.6 Å². The average molecular weight is 637 g/mol. The highest BCUT2D eigenvalue weighted by Gasteiger charge is 2.72. The van der Waals surface area contributed by atoms with Gasteiger partial charge in [0.1, 0.15) is 12.2 Å². The van der Waals surface area contributed by atoms with E-state index >= 15 is 0 Å². The molecule has 0 aliphatic heterocycles. The highest BCUT2D eigenvalue weighted by atomic mass is 16.5. The van der Waals surface area contributed by atoms with Crippen molar-refractivity contribution in [2.45, 2.75) is 130 Å². The number of aliphatic hydroxyl groups is 2. The molecule has 46 heavy (non-hydrogen) atoms. The minimum Gasteiger partial charge on any atom is -0.462 e. The molecule has 5 rings (SSSR count). The van der Waals surface area contributed by atoms with Crippen molar-refractivity contribution < 1.29 is 34.1 Å². The van der Waals surface area contributed by atoms with Crippen LogP contribution in [0.15, 0.2) is 42.0 Å². The molecule has 3 saturated carbocycles. The Hall–Kier alpha value is -2.51. The van der Waals surface area contributed by atoms with E-state index in [-0.39, 0.29) is 35.6 Å². The zero-order chi connectivity index (χ0) is 33.8. The fourth-order valence-electron chi connectivity index (χ4n) is 10.6. The zero-order valence-electron chi connectivity index (χ0n) is 29.2. The second-order valence-electron chi connectivity index (χ2n) is 16.0. The van der Waals surface area contributed by atoms with Crippen LogP contribution in [-0.2, 0) is 19.1 Å². The van der Waals surface area contributed by atoms with Gasteiger partial charge in [0.05, 0.1) is 16.8 Å². The topological polar surface area (TPSA) is 110 Å².